The molecule has 0 amide bonds. The molecule has 1 aliphatic rings. The molecule has 1 atom stereocenters. The summed E-state index contributed by atoms with van der Waals surface area (Å²) < 4.78 is 5.28. The Kier molecular flexibility index (Phi) is 1.96. The number of rotatable bonds is 1. The minimum Gasteiger partial charge on any atom is -0.397 e. The minimum absolute atomic E-state index is 0.501. The second kappa shape index (κ2) is 3.11. The van der Waals surface area contributed by atoms with Crippen molar-refractivity contribution in [3.8, 4) is 0 Å². The zero-order valence-electron chi connectivity index (χ0n) is 6.86. The molecule has 1 unspecified atom stereocenters. The summed E-state index contributed by atoms with van der Waals surface area (Å²) in [6.45, 7) is 1.67. The van der Waals surface area contributed by atoms with Crippen LogP contribution in [-0.2, 0) is 4.74 Å². The molecule has 0 aromatic carbocycles. The van der Waals surface area contributed by atoms with E-state index in [0.29, 0.717) is 5.92 Å². The normalized spacial score (nSPS) is 22.8. The fourth-order valence-electron chi connectivity index (χ4n) is 1.50. The summed E-state index contributed by atoms with van der Waals surface area (Å²) in [5.41, 5.74) is 7.56. The zero-order valence-corrected chi connectivity index (χ0v) is 6.86. The Morgan fingerprint density at radius 3 is 3.08 bits per heavy atom. The van der Waals surface area contributed by atoms with E-state index in [1.165, 1.54) is 5.56 Å². The smallest absolute Gasteiger partial charge is 0.0536 e. The highest BCUT2D eigenvalue weighted by Gasteiger charge is 2.17. The molecule has 1 aromatic rings. The SMILES string of the molecule is Nc1cncc(C2CCOC2)c1. The van der Waals surface area contributed by atoms with Crippen molar-refractivity contribution >= 4 is 5.69 Å². The zero-order chi connectivity index (χ0) is 8.39. The first kappa shape index (κ1) is 7.55. The van der Waals surface area contributed by atoms with Crippen molar-refractivity contribution in [2.45, 2.75) is 12.3 Å². The van der Waals surface area contributed by atoms with Crippen molar-refractivity contribution in [3.05, 3.63) is 24.0 Å². The highest BCUT2D eigenvalue weighted by atomic mass is 16.5. The largest absolute Gasteiger partial charge is 0.397 e. The molecule has 0 aliphatic carbocycles. The van der Waals surface area contributed by atoms with Crippen LogP contribution in [0.5, 0.6) is 0 Å². The average Bonchev–Trinajstić information content (AvgIpc) is 2.56. The predicted molar refractivity (Wildman–Crippen MR) is 46.8 cm³/mol. The van der Waals surface area contributed by atoms with E-state index in [1.54, 1.807) is 6.20 Å². The summed E-state index contributed by atoms with van der Waals surface area (Å²) in [7, 11) is 0. The number of nitrogens with two attached hydrogens (primary N) is 1. The Morgan fingerprint density at radius 1 is 1.50 bits per heavy atom. The van der Waals surface area contributed by atoms with Gasteiger partial charge in [0.15, 0.2) is 0 Å². The first-order chi connectivity index (χ1) is 5.86. The number of hydrogen-bond donors (Lipinski definition) is 1. The highest BCUT2D eigenvalue weighted by Crippen LogP contribution is 2.25. The number of nitrogens with zero attached hydrogens (tertiary/aromatic N) is 1. The van der Waals surface area contributed by atoms with Crippen LogP contribution in [0, 0.1) is 0 Å². The van der Waals surface area contributed by atoms with Gasteiger partial charge in [-0.3, -0.25) is 4.98 Å². The van der Waals surface area contributed by atoms with Gasteiger partial charge in [-0.15, -0.1) is 0 Å². The molecule has 1 aliphatic heterocycles. The predicted octanol–water partition coefficient (Wildman–Crippen LogP) is 1.17. The van der Waals surface area contributed by atoms with Gasteiger partial charge in [0.05, 0.1) is 12.3 Å². The van der Waals surface area contributed by atoms with E-state index in [9.17, 15) is 0 Å². The molecule has 0 radical (unpaired) electrons. The second-order valence-electron chi connectivity index (χ2n) is 3.11. The van der Waals surface area contributed by atoms with Crippen molar-refractivity contribution in [2.24, 2.45) is 0 Å². The van der Waals surface area contributed by atoms with Crippen LogP contribution >= 0.6 is 0 Å². The summed E-state index contributed by atoms with van der Waals surface area (Å²) in [6.07, 6.45) is 4.63. The molecule has 0 bridgehead atoms. The number of anilines is 1. The summed E-state index contributed by atoms with van der Waals surface area (Å²) in [5, 5.41) is 0. The van der Waals surface area contributed by atoms with E-state index in [0.717, 1.165) is 25.3 Å². The molecule has 2 heterocycles. The second-order valence-corrected chi connectivity index (χ2v) is 3.11. The Hall–Kier alpha value is -1.09. The third-order valence-electron chi connectivity index (χ3n) is 2.18. The van der Waals surface area contributed by atoms with E-state index in [1.807, 2.05) is 12.3 Å². The quantitative estimate of drug-likeness (QED) is 0.677. The van der Waals surface area contributed by atoms with E-state index in [4.69, 9.17) is 10.5 Å². The van der Waals surface area contributed by atoms with Gasteiger partial charge in [-0.2, -0.15) is 0 Å². The monoisotopic (exact) mass is 164 g/mol. The molecule has 1 saturated heterocycles. The lowest BCUT2D eigenvalue weighted by Gasteiger charge is -2.06. The number of pyridine rings is 1. The van der Waals surface area contributed by atoms with E-state index < -0.39 is 0 Å². The Morgan fingerprint density at radius 2 is 2.42 bits per heavy atom. The van der Waals surface area contributed by atoms with Crippen molar-refractivity contribution in [3.63, 3.8) is 0 Å². The maximum atomic E-state index is 5.62. The van der Waals surface area contributed by atoms with Gasteiger partial charge in [0.25, 0.3) is 0 Å². The molecule has 0 spiro atoms. The lowest BCUT2D eigenvalue weighted by atomic mass is 10.0. The molecular weight excluding hydrogens is 152 g/mol. The van der Waals surface area contributed by atoms with Crippen molar-refractivity contribution in [1.29, 1.82) is 0 Å². The maximum absolute atomic E-state index is 5.62. The number of aromatic nitrogens is 1. The van der Waals surface area contributed by atoms with Crippen LogP contribution in [0.3, 0.4) is 0 Å². The van der Waals surface area contributed by atoms with Gasteiger partial charge in [-0.05, 0) is 18.1 Å². The van der Waals surface area contributed by atoms with Gasteiger partial charge < -0.3 is 10.5 Å². The number of nitrogen functional groups attached to an aromatic ring is 1. The molecule has 3 nitrogen and oxygen atoms in total. The van der Waals surface area contributed by atoms with E-state index in [-0.39, 0.29) is 0 Å². The summed E-state index contributed by atoms with van der Waals surface area (Å²) in [4.78, 5) is 4.05. The molecule has 64 valence electrons. The van der Waals surface area contributed by atoms with Gasteiger partial charge in [-0.25, -0.2) is 0 Å². The van der Waals surface area contributed by atoms with Crippen LogP contribution in [0.15, 0.2) is 18.5 Å². The molecular formula is C9H12N2O. The first-order valence-corrected chi connectivity index (χ1v) is 4.14. The van der Waals surface area contributed by atoms with Crippen molar-refractivity contribution in [2.75, 3.05) is 18.9 Å². The lowest BCUT2D eigenvalue weighted by molar-refractivity contribution is 0.194. The molecule has 1 fully saturated rings. The maximum Gasteiger partial charge on any atom is 0.0536 e. The molecule has 1 aromatic heterocycles. The molecule has 3 heteroatoms. The number of ether oxygens (including phenoxy) is 1. The van der Waals surface area contributed by atoms with Crippen molar-refractivity contribution in [1.82, 2.24) is 4.98 Å². The molecule has 2 N–H and O–H groups in total. The van der Waals surface area contributed by atoms with Gasteiger partial charge in [0, 0.05) is 24.9 Å². The third kappa shape index (κ3) is 1.41. The van der Waals surface area contributed by atoms with Crippen LogP contribution in [0.1, 0.15) is 17.9 Å². The van der Waals surface area contributed by atoms with Gasteiger partial charge in [-0.1, -0.05) is 0 Å². The van der Waals surface area contributed by atoms with Crippen molar-refractivity contribution < 1.29 is 4.74 Å². The van der Waals surface area contributed by atoms with E-state index in [2.05, 4.69) is 4.98 Å². The number of hydrogen-bond acceptors (Lipinski definition) is 3. The van der Waals surface area contributed by atoms with Gasteiger partial charge >= 0.3 is 0 Å². The Bertz CT molecular complexity index is 269. The van der Waals surface area contributed by atoms with Crippen LogP contribution in [0.25, 0.3) is 0 Å². The first-order valence-electron chi connectivity index (χ1n) is 4.14. The molecule has 0 saturated carbocycles. The molecule has 2 rings (SSSR count). The fourth-order valence-corrected chi connectivity index (χ4v) is 1.50. The Labute approximate surface area is 71.6 Å². The summed E-state index contributed by atoms with van der Waals surface area (Å²) >= 11 is 0. The van der Waals surface area contributed by atoms with Gasteiger partial charge in [0.2, 0.25) is 0 Å². The van der Waals surface area contributed by atoms with Crippen LogP contribution in [0.4, 0.5) is 5.69 Å². The van der Waals surface area contributed by atoms with Crippen LogP contribution < -0.4 is 5.73 Å². The topological polar surface area (TPSA) is 48.1 Å². The summed E-state index contributed by atoms with van der Waals surface area (Å²) in [6, 6.07) is 1.98. The Balaban J connectivity index is 2.21. The van der Waals surface area contributed by atoms with E-state index >= 15 is 0 Å². The van der Waals surface area contributed by atoms with Crippen LogP contribution in [-0.4, -0.2) is 18.2 Å². The fraction of sp³-hybridized carbons (Fsp3) is 0.444. The summed E-state index contributed by atoms with van der Waals surface area (Å²) in [5.74, 6) is 0.501. The van der Waals surface area contributed by atoms with Crippen LogP contribution in [0.2, 0.25) is 0 Å². The molecule has 12 heavy (non-hydrogen) atoms. The standard InChI is InChI=1S/C9H12N2O/c10-9-3-8(4-11-5-9)7-1-2-12-6-7/h3-5,7H,1-2,6,10H2. The minimum atomic E-state index is 0.501. The average molecular weight is 164 g/mol. The highest BCUT2D eigenvalue weighted by molar-refractivity contribution is 5.38. The lowest BCUT2D eigenvalue weighted by Crippen LogP contribution is -1.99. The third-order valence-corrected chi connectivity index (χ3v) is 2.18. The van der Waals surface area contributed by atoms with Gasteiger partial charge in [0.1, 0.15) is 0 Å².